The highest BCUT2D eigenvalue weighted by atomic mass is 31.1. The topological polar surface area (TPSA) is 96.7 Å². The molecule has 0 aliphatic carbocycles. The molecular weight excluding hydrogens is 432 g/mol. The lowest BCUT2D eigenvalue weighted by molar-refractivity contribution is -0.138. The third kappa shape index (κ3) is 5.67. The fraction of sp³-hybridized carbons (Fsp3) is 0.250. The quantitative estimate of drug-likeness (QED) is 0.382. The van der Waals surface area contributed by atoms with Gasteiger partial charge in [0, 0.05) is 10.9 Å². The number of rotatable bonds is 7. The summed E-state index contributed by atoms with van der Waals surface area (Å²) < 4.78 is 30.7. The van der Waals surface area contributed by atoms with Crippen LogP contribution in [0.25, 0.3) is 22.0 Å². The zero-order chi connectivity index (χ0) is 23.3. The highest BCUT2D eigenvalue weighted by Gasteiger charge is 2.25. The van der Waals surface area contributed by atoms with Crippen LogP contribution in [0, 0.1) is 17.8 Å². The number of aromatic nitrogens is 1. The van der Waals surface area contributed by atoms with Crippen LogP contribution in [-0.4, -0.2) is 33.4 Å². The van der Waals surface area contributed by atoms with Crippen molar-refractivity contribution in [2.75, 3.05) is 6.16 Å². The molecule has 2 N–H and O–H groups in total. The monoisotopic (exact) mass is 454 g/mol. The van der Waals surface area contributed by atoms with Gasteiger partial charge < -0.3 is 10.2 Å². The number of fused-ring (bicyclic) bond motifs is 1. The first kappa shape index (κ1) is 23.3. The number of carboxylic acids is 1. The number of nitrogens with zero attached hydrogens (tertiary/aromatic N) is 1. The van der Waals surface area contributed by atoms with E-state index in [-0.39, 0.29) is 17.9 Å². The molecule has 1 aromatic heterocycles. The maximum absolute atomic E-state index is 13.5. The zero-order valence-electron chi connectivity index (χ0n) is 17.6. The number of aliphatic hydroxyl groups is 1. The van der Waals surface area contributed by atoms with Gasteiger partial charge in [-0.3, -0.25) is 9.78 Å². The summed E-state index contributed by atoms with van der Waals surface area (Å²) >= 11 is 0. The van der Waals surface area contributed by atoms with Crippen molar-refractivity contribution >= 4 is 24.9 Å². The summed E-state index contributed by atoms with van der Waals surface area (Å²) in [5, 5.41) is 19.1. The summed E-state index contributed by atoms with van der Waals surface area (Å²) in [7, 11) is -2.38. The molecular formula is C24H22FNO5P+. The molecule has 2 aromatic carbocycles. The Morgan fingerprint density at radius 1 is 1.19 bits per heavy atom. The molecule has 0 saturated heterocycles. The molecule has 0 aliphatic rings. The van der Waals surface area contributed by atoms with Gasteiger partial charge in [0.1, 0.15) is 11.9 Å². The summed E-state index contributed by atoms with van der Waals surface area (Å²) in [6, 6.07) is 13.6. The van der Waals surface area contributed by atoms with E-state index in [1.807, 2.05) is 38.1 Å². The average molecular weight is 454 g/mol. The molecule has 164 valence electrons. The van der Waals surface area contributed by atoms with E-state index < -0.39 is 26.5 Å². The molecule has 0 spiro atoms. The molecule has 2 atom stereocenters. The predicted octanol–water partition coefficient (Wildman–Crippen LogP) is 5.07. The number of para-hydroxylation sites is 1. The highest BCUT2D eigenvalue weighted by Crippen LogP contribution is 2.35. The van der Waals surface area contributed by atoms with Crippen molar-refractivity contribution in [2.45, 2.75) is 32.3 Å². The van der Waals surface area contributed by atoms with Crippen molar-refractivity contribution in [3.8, 4) is 23.2 Å². The van der Waals surface area contributed by atoms with E-state index in [4.69, 9.17) is 14.6 Å². The highest BCUT2D eigenvalue weighted by molar-refractivity contribution is 7.39. The molecule has 0 fully saturated rings. The van der Waals surface area contributed by atoms with Gasteiger partial charge in [-0.2, -0.15) is 4.52 Å². The first-order chi connectivity index (χ1) is 15.3. The number of carboxylic acid groups (broad SMARTS) is 1. The molecule has 6 nitrogen and oxygen atoms in total. The van der Waals surface area contributed by atoms with E-state index in [1.165, 1.54) is 12.1 Å². The third-order valence-electron chi connectivity index (χ3n) is 4.69. The normalized spacial score (nSPS) is 12.2. The van der Waals surface area contributed by atoms with Gasteiger partial charge in [0.15, 0.2) is 6.11 Å². The van der Waals surface area contributed by atoms with Gasteiger partial charge in [-0.15, -0.1) is 0 Å². The summed E-state index contributed by atoms with van der Waals surface area (Å²) in [5.41, 5.74) is 3.55. The smallest absolute Gasteiger partial charge is 0.481 e. The lowest BCUT2D eigenvalue weighted by atomic mass is 9.91. The molecule has 3 rings (SSSR count). The van der Waals surface area contributed by atoms with Crippen LogP contribution in [0.15, 0.2) is 48.5 Å². The maximum atomic E-state index is 13.5. The van der Waals surface area contributed by atoms with Gasteiger partial charge in [-0.1, -0.05) is 44.2 Å². The second-order valence-electron chi connectivity index (χ2n) is 7.51. The van der Waals surface area contributed by atoms with Crippen molar-refractivity contribution in [1.82, 2.24) is 4.98 Å². The van der Waals surface area contributed by atoms with Crippen LogP contribution in [0.4, 0.5) is 4.39 Å². The van der Waals surface area contributed by atoms with E-state index >= 15 is 0 Å². The summed E-state index contributed by atoms with van der Waals surface area (Å²) in [6.07, 6.45) is 0.277. The van der Waals surface area contributed by atoms with Crippen molar-refractivity contribution in [1.29, 1.82) is 0 Å². The molecule has 0 bridgehead atoms. The molecule has 1 heterocycles. The number of hydrogen-bond acceptors (Lipinski definition) is 5. The molecule has 0 saturated carbocycles. The number of pyridine rings is 1. The third-order valence-corrected chi connectivity index (χ3v) is 5.71. The Bertz CT molecular complexity index is 1210. The van der Waals surface area contributed by atoms with Crippen molar-refractivity contribution < 1.29 is 28.5 Å². The van der Waals surface area contributed by atoms with Crippen LogP contribution in [0.3, 0.4) is 0 Å². The molecule has 0 radical (unpaired) electrons. The van der Waals surface area contributed by atoms with Crippen LogP contribution in [0.5, 0.6) is 0 Å². The molecule has 32 heavy (non-hydrogen) atoms. The van der Waals surface area contributed by atoms with E-state index in [1.54, 1.807) is 12.1 Å². The zero-order valence-corrected chi connectivity index (χ0v) is 18.5. The van der Waals surface area contributed by atoms with Crippen molar-refractivity contribution in [2.24, 2.45) is 0 Å². The van der Waals surface area contributed by atoms with Crippen molar-refractivity contribution in [3.63, 3.8) is 0 Å². The molecule has 1 unspecified atom stereocenters. The summed E-state index contributed by atoms with van der Waals surface area (Å²) in [5.74, 6) is 1.36. The lowest BCUT2D eigenvalue weighted by Crippen LogP contribution is -2.15. The number of halogens is 1. The molecule has 3 aromatic rings. The van der Waals surface area contributed by atoms with Gasteiger partial charge in [-0.25, -0.2) is 4.39 Å². The fourth-order valence-corrected chi connectivity index (χ4v) is 3.99. The standard InChI is InChI=1S/C24H21FNO5P/c1-15(2)24-20(11-12-31-32(30)14-18(27)13-22(28)29)23(16-7-9-17(25)10-8-16)19-5-3-4-6-21(19)26-24/h3-10,15,18,27H,13-14H2,1-2H3/p+1/t18-/m0/s1. The maximum Gasteiger partial charge on any atom is 0.567 e. The first-order valence-corrected chi connectivity index (χ1v) is 11.3. The van der Waals surface area contributed by atoms with E-state index in [9.17, 15) is 18.9 Å². The molecule has 8 heteroatoms. The molecule has 0 amide bonds. The Hall–Kier alpha value is -3.33. The van der Waals surface area contributed by atoms with Crippen LogP contribution in [0.2, 0.25) is 0 Å². The summed E-state index contributed by atoms with van der Waals surface area (Å²) in [4.78, 5) is 15.4. The lowest BCUT2D eigenvalue weighted by Gasteiger charge is -2.16. The van der Waals surface area contributed by atoms with Gasteiger partial charge in [0.25, 0.3) is 0 Å². The van der Waals surface area contributed by atoms with Crippen LogP contribution >= 0.6 is 8.03 Å². The Labute approximate surface area is 185 Å². The van der Waals surface area contributed by atoms with Gasteiger partial charge in [0.05, 0.1) is 23.2 Å². The molecule has 0 aliphatic heterocycles. The largest absolute Gasteiger partial charge is 0.567 e. The van der Waals surface area contributed by atoms with Gasteiger partial charge in [-0.05, 0) is 40.2 Å². The fourth-order valence-electron chi connectivity index (χ4n) is 3.29. The second kappa shape index (κ2) is 10.3. The minimum absolute atomic E-state index is 0.00857. The number of benzene rings is 2. The average Bonchev–Trinajstić information content (AvgIpc) is 2.73. The van der Waals surface area contributed by atoms with Crippen LogP contribution in [0.1, 0.15) is 37.4 Å². The first-order valence-electron chi connectivity index (χ1n) is 9.97. The van der Waals surface area contributed by atoms with Crippen molar-refractivity contribution in [3.05, 3.63) is 65.6 Å². The van der Waals surface area contributed by atoms with E-state index in [2.05, 4.69) is 12.0 Å². The minimum atomic E-state index is -2.38. The Kier molecular flexibility index (Phi) is 7.53. The second-order valence-corrected chi connectivity index (χ2v) is 8.72. The minimum Gasteiger partial charge on any atom is -0.481 e. The SMILES string of the molecule is CC(C)c1nc2ccccc2c(-c2ccc(F)cc2)c1C#CO[P+](=O)C[C@@H](O)CC(=O)O. The van der Waals surface area contributed by atoms with Crippen LogP contribution in [-0.2, 0) is 13.9 Å². The number of hydrogen-bond donors (Lipinski definition) is 2. The number of carbonyl (C=O) groups is 1. The van der Waals surface area contributed by atoms with E-state index in [0.29, 0.717) is 11.3 Å². The Morgan fingerprint density at radius 3 is 2.53 bits per heavy atom. The Balaban J connectivity index is 2.06. The summed E-state index contributed by atoms with van der Waals surface area (Å²) in [6.45, 7) is 3.95. The number of aliphatic hydroxyl groups excluding tert-OH is 1. The Morgan fingerprint density at radius 2 is 1.88 bits per heavy atom. The predicted molar refractivity (Wildman–Crippen MR) is 120 cm³/mol. The van der Waals surface area contributed by atoms with Crippen LogP contribution < -0.4 is 0 Å². The van der Waals surface area contributed by atoms with Gasteiger partial charge in [0.2, 0.25) is 6.16 Å². The van der Waals surface area contributed by atoms with Gasteiger partial charge >= 0.3 is 14.0 Å². The number of aliphatic carboxylic acids is 1. The van der Waals surface area contributed by atoms with E-state index in [0.717, 1.165) is 22.0 Å².